The second-order valence-corrected chi connectivity index (χ2v) is 5.75. The van der Waals surface area contributed by atoms with Gasteiger partial charge >= 0.3 is 0 Å². The zero-order valence-electron chi connectivity index (χ0n) is 12.0. The molecular weight excluding hydrogens is 288 g/mol. The van der Waals surface area contributed by atoms with Gasteiger partial charge in [0, 0.05) is 21.8 Å². The standard InChI is InChI=1S/C15H18N2O3S/c1-3-20-13-5-4-11(6-10(13)8-18)17-15(19)14-7-12(16)9(2)21-14/h4-7,18H,3,8,16H2,1-2H3,(H,17,19). The number of nitrogens with two attached hydrogens (primary N) is 1. The Hall–Kier alpha value is -2.05. The lowest BCUT2D eigenvalue weighted by molar-refractivity contribution is 0.103. The van der Waals surface area contributed by atoms with E-state index in [1.807, 2.05) is 13.8 Å². The summed E-state index contributed by atoms with van der Waals surface area (Å²) in [5.41, 5.74) is 7.61. The fourth-order valence-corrected chi connectivity index (χ4v) is 2.71. The van der Waals surface area contributed by atoms with E-state index in [1.165, 1.54) is 11.3 Å². The van der Waals surface area contributed by atoms with Crippen molar-refractivity contribution in [1.29, 1.82) is 0 Å². The Labute approximate surface area is 127 Å². The van der Waals surface area contributed by atoms with Crippen LogP contribution in [-0.2, 0) is 6.61 Å². The van der Waals surface area contributed by atoms with Gasteiger partial charge in [-0.1, -0.05) is 0 Å². The molecule has 6 heteroatoms. The van der Waals surface area contributed by atoms with Crippen LogP contribution in [0.25, 0.3) is 0 Å². The van der Waals surface area contributed by atoms with E-state index in [0.717, 1.165) is 4.88 Å². The number of carbonyl (C=O) groups is 1. The number of amides is 1. The summed E-state index contributed by atoms with van der Waals surface area (Å²) in [4.78, 5) is 13.6. The molecule has 0 saturated carbocycles. The monoisotopic (exact) mass is 306 g/mol. The lowest BCUT2D eigenvalue weighted by Crippen LogP contribution is -2.10. The Balaban J connectivity index is 2.17. The molecule has 0 unspecified atom stereocenters. The maximum Gasteiger partial charge on any atom is 0.265 e. The number of anilines is 2. The van der Waals surface area contributed by atoms with Crippen LogP contribution in [0.1, 0.15) is 27.0 Å². The third-order valence-electron chi connectivity index (χ3n) is 2.97. The SMILES string of the molecule is CCOc1ccc(NC(=O)c2cc(N)c(C)s2)cc1CO. The van der Waals surface area contributed by atoms with Gasteiger partial charge in [0.15, 0.2) is 0 Å². The van der Waals surface area contributed by atoms with Crippen molar-refractivity contribution in [2.45, 2.75) is 20.5 Å². The van der Waals surface area contributed by atoms with Crippen molar-refractivity contribution in [3.05, 3.63) is 39.6 Å². The van der Waals surface area contributed by atoms with Crippen molar-refractivity contribution >= 4 is 28.6 Å². The molecule has 0 aliphatic rings. The van der Waals surface area contributed by atoms with Gasteiger partial charge in [0.1, 0.15) is 5.75 Å². The first-order chi connectivity index (χ1) is 10.0. The van der Waals surface area contributed by atoms with E-state index in [0.29, 0.717) is 34.2 Å². The molecule has 112 valence electrons. The Kier molecular flexibility index (Phi) is 4.82. The average molecular weight is 306 g/mol. The van der Waals surface area contributed by atoms with Crippen molar-refractivity contribution in [2.75, 3.05) is 17.7 Å². The minimum atomic E-state index is -0.215. The van der Waals surface area contributed by atoms with Crippen LogP contribution in [-0.4, -0.2) is 17.6 Å². The van der Waals surface area contributed by atoms with Crippen molar-refractivity contribution in [1.82, 2.24) is 0 Å². The number of aliphatic hydroxyl groups excluding tert-OH is 1. The number of rotatable bonds is 5. The summed E-state index contributed by atoms with van der Waals surface area (Å²) in [6, 6.07) is 6.84. The van der Waals surface area contributed by atoms with Crippen LogP contribution < -0.4 is 15.8 Å². The maximum atomic E-state index is 12.1. The normalized spacial score (nSPS) is 10.4. The highest BCUT2D eigenvalue weighted by atomic mass is 32.1. The fourth-order valence-electron chi connectivity index (χ4n) is 1.88. The minimum Gasteiger partial charge on any atom is -0.494 e. The second kappa shape index (κ2) is 6.60. The first kappa shape index (κ1) is 15.3. The summed E-state index contributed by atoms with van der Waals surface area (Å²) in [7, 11) is 0. The topological polar surface area (TPSA) is 84.6 Å². The Morgan fingerprint density at radius 1 is 1.43 bits per heavy atom. The van der Waals surface area contributed by atoms with Gasteiger partial charge in [-0.15, -0.1) is 11.3 Å². The second-order valence-electron chi connectivity index (χ2n) is 4.49. The van der Waals surface area contributed by atoms with E-state index in [4.69, 9.17) is 10.5 Å². The summed E-state index contributed by atoms with van der Waals surface area (Å²) in [5, 5.41) is 12.1. The first-order valence-electron chi connectivity index (χ1n) is 6.59. The van der Waals surface area contributed by atoms with E-state index >= 15 is 0 Å². The number of thiophene rings is 1. The molecular formula is C15H18N2O3S. The van der Waals surface area contributed by atoms with Gasteiger partial charge in [-0.2, -0.15) is 0 Å². The molecule has 2 aromatic rings. The predicted octanol–water partition coefficient (Wildman–Crippen LogP) is 2.78. The smallest absolute Gasteiger partial charge is 0.265 e. The van der Waals surface area contributed by atoms with Gasteiger partial charge in [0.2, 0.25) is 0 Å². The number of ether oxygens (including phenoxy) is 1. The molecule has 0 atom stereocenters. The van der Waals surface area contributed by atoms with E-state index in [-0.39, 0.29) is 12.5 Å². The maximum absolute atomic E-state index is 12.1. The number of carbonyl (C=O) groups excluding carboxylic acids is 1. The van der Waals surface area contributed by atoms with Gasteiger partial charge in [0.25, 0.3) is 5.91 Å². The largest absolute Gasteiger partial charge is 0.494 e. The molecule has 5 nitrogen and oxygen atoms in total. The molecule has 0 spiro atoms. The highest BCUT2D eigenvalue weighted by molar-refractivity contribution is 7.14. The lowest BCUT2D eigenvalue weighted by Gasteiger charge is -2.11. The molecule has 4 N–H and O–H groups in total. The summed E-state index contributed by atoms with van der Waals surface area (Å²) in [6.45, 7) is 4.12. The zero-order valence-corrected chi connectivity index (χ0v) is 12.8. The minimum absolute atomic E-state index is 0.149. The average Bonchev–Trinajstić information content (AvgIpc) is 2.80. The van der Waals surface area contributed by atoms with E-state index < -0.39 is 0 Å². The summed E-state index contributed by atoms with van der Waals surface area (Å²) >= 11 is 1.35. The number of aryl methyl sites for hydroxylation is 1. The first-order valence-corrected chi connectivity index (χ1v) is 7.40. The zero-order chi connectivity index (χ0) is 15.4. The highest BCUT2D eigenvalue weighted by Crippen LogP contribution is 2.26. The molecule has 0 aliphatic carbocycles. The van der Waals surface area contributed by atoms with Gasteiger partial charge < -0.3 is 20.9 Å². The number of nitrogen functional groups attached to an aromatic ring is 1. The Morgan fingerprint density at radius 2 is 2.19 bits per heavy atom. The van der Waals surface area contributed by atoms with Crippen LogP contribution in [0, 0.1) is 6.92 Å². The van der Waals surface area contributed by atoms with Crippen molar-refractivity contribution in [3.63, 3.8) is 0 Å². The third kappa shape index (κ3) is 3.53. The van der Waals surface area contributed by atoms with E-state index in [2.05, 4.69) is 5.32 Å². The molecule has 0 saturated heterocycles. The molecule has 1 aromatic carbocycles. The van der Waals surface area contributed by atoms with Crippen LogP contribution in [0.15, 0.2) is 24.3 Å². The Morgan fingerprint density at radius 3 is 2.76 bits per heavy atom. The number of aliphatic hydroxyl groups is 1. The molecule has 0 aliphatic heterocycles. The summed E-state index contributed by atoms with van der Waals surface area (Å²) < 4.78 is 5.40. The van der Waals surface area contributed by atoms with Crippen molar-refractivity contribution in [3.8, 4) is 5.75 Å². The highest BCUT2D eigenvalue weighted by Gasteiger charge is 2.12. The van der Waals surface area contributed by atoms with Crippen LogP contribution >= 0.6 is 11.3 Å². The van der Waals surface area contributed by atoms with Gasteiger partial charge in [-0.3, -0.25) is 4.79 Å². The van der Waals surface area contributed by atoms with Crippen LogP contribution in [0.3, 0.4) is 0 Å². The van der Waals surface area contributed by atoms with Gasteiger partial charge in [-0.05, 0) is 38.1 Å². The molecule has 0 radical (unpaired) electrons. The van der Waals surface area contributed by atoms with Gasteiger partial charge in [-0.25, -0.2) is 0 Å². The van der Waals surface area contributed by atoms with E-state index in [1.54, 1.807) is 24.3 Å². The van der Waals surface area contributed by atoms with Crippen LogP contribution in [0.2, 0.25) is 0 Å². The molecule has 0 bridgehead atoms. The van der Waals surface area contributed by atoms with Crippen molar-refractivity contribution in [2.24, 2.45) is 0 Å². The number of hydrogen-bond acceptors (Lipinski definition) is 5. The summed E-state index contributed by atoms with van der Waals surface area (Å²) in [6.07, 6.45) is 0. The number of nitrogens with one attached hydrogen (secondary N) is 1. The lowest BCUT2D eigenvalue weighted by atomic mass is 10.2. The fraction of sp³-hybridized carbons (Fsp3) is 0.267. The molecule has 1 heterocycles. The third-order valence-corrected chi connectivity index (χ3v) is 4.03. The quantitative estimate of drug-likeness (QED) is 0.793. The molecule has 0 fully saturated rings. The molecule has 21 heavy (non-hydrogen) atoms. The van der Waals surface area contributed by atoms with Gasteiger partial charge in [0.05, 0.1) is 18.1 Å². The molecule has 2 rings (SSSR count). The predicted molar refractivity (Wildman–Crippen MR) is 85.0 cm³/mol. The summed E-state index contributed by atoms with van der Waals surface area (Å²) in [5.74, 6) is 0.405. The molecule has 1 amide bonds. The molecule has 1 aromatic heterocycles. The van der Waals surface area contributed by atoms with E-state index in [9.17, 15) is 9.90 Å². The Bertz CT molecular complexity index is 633. The van der Waals surface area contributed by atoms with Crippen molar-refractivity contribution < 1.29 is 14.6 Å². The number of hydrogen-bond donors (Lipinski definition) is 3. The van der Waals surface area contributed by atoms with Crippen LogP contribution in [0.4, 0.5) is 11.4 Å². The number of benzene rings is 1. The van der Waals surface area contributed by atoms with Crippen LogP contribution in [0.5, 0.6) is 5.75 Å².